The van der Waals surface area contributed by atoms with Gasteiger partial charge in [-0.2, -0.15) is 0 Å². The van der Waals surface area contributed by atoms with Gasteiger partial charge in [-0.05, 0) is 57.2 Å². The van der Waals surface area contributed by atoms with Crippen molar-refractivity contribution in [1.82, 2.24) is 19.8 Å². The lowest BCUT2D eigenvalue weighted by Gasteiger charge is -2.38. The van der Waals surface area contributed by atoms with Gasteiger partial charge in [0.05, 0.1) is 19.5 Å². The van der Waals surface area contributed by atoms with E-state index in [2.05, 4.69) is 64.1 Å². The zero-order valence-corrected chi connectivity index (χ0v) is 21.0. The summed E-state index contributed by atoms with van der Waals surface area (Å²) in [5, 5.41) is 3.16. The lowest BCUT2D eigenvalue weighted by Crippen LogP contribution is -2.41. The number of hydrogen-bond acceptors (Lipinski definition) is 6. The first-order valence-electron chi connectivity index (χ1n) is 13.0. The average Bonchev–Trinajstić information content (AvgIpc) is 3.40. The number of benzene rings is 1. The summed E-state index contributed by atoms with van der Waals surface area (Å²) in [6.07, 6.45) is 10.5. The number of hydrogen-bond donors (Lipinski definition) is 1. The van der Waals surface area contributed by atoms with Crippen LogP contribution in [0.1, 0.15) is 45.1 Å². The second-order valence-corrected chi connectivity index (χ2v) is 9.96. The minimum atomic E-state index is 0.111. The normalized spacial score (nSPS) is 21.6. The number of likely N-dealkylation sites (tertiary alicyclic amines) is 1. The van der Waals surface area contributed by atoms with Crippen molar-refractivity contribution >= 4 is 0 Å². The molecule has 2 aromatic rings. The molecule has 1 aromatic carbocycles. The molecule has 3 aliphatic heterocycles. The van der Waals surface area contributed by atoms with Crippen molar-refractivity contribution in [2.45, 2.75) is 63.6 Å². The minimum Gasteiger partial charge on any atom is -0.490 e. The van der Waals surface area contributed by atoms with Gasteiger partial charge in [0, 0.05) is 69.8 Å². The number of aromatic nitrogens is 2. The predicted octanol–water partition coefficient (Wildman–Crippen LogP) is 3.49. The molecule has 188 valence electrons. The molecule has 7 nitrogen and oxygen atoms in total. The second-order valence-electron chi connectivity index (χ2n) is 9.96. The lowest BCUT2D eigenvalue weighted by molar-refractivity contribution is 0.0434. The predicted molar refractivity (Wildman–Crippen MR) is 134 cm³/mol. The van der Waals surface area contributed by atoms with Crippen LogP contribution < -0.4 is 10.1 Å². The van der Waals surface area contributed by atoms with Crippen LogP contribution in [0.15, 0.2) is 43.0 Å². The lowest BCUT2D eigenvalue weighted by atomic mass is 9.74. The van der Waals surface area contributed by atoms with Gasteiger partial charge < -0.3 is 29.0 Å². The van der Waals surface area contributed by atoms with E-state index < -0.39 is 0 Å². The number of morpholine rings is 1. The van der Waals surface area contributed by atoms with Crippen LogP contribution in [0.3, 0.4) is 0 Å². The number of imidazole rings is 1. The van der Waals surface area contributed by atoms with Crippen LogP contribution in [0.25, 0.3) is 0 Å². The Morgan fingerprint density at radius 2 is 1.71 bits per heavy atom. The Bertz CT molecular complexity index is 795. The summed E-state index contributed by atoms with van der Waals surface area (Å²) in [7, 11) is 0. The standard InChI is InChI=1S/C23H33N3O2.C4H9NO/c1-19(2)26-12-7-22(8-13-26)28-21-5-3-20(4-6-21)23(9-15-27-16-10-23)17-25-14-11-24-18-25;1-3-6-4-2-5-1/h3-6,11,14,18-19,22H,7-10,12-13,15-17H2,1-2H3;5H,1-4H2. The average molecular weight is 471 g/mol. The Hall–Kier alpha value is -1.93. The molecule has 0 atom stereocenters. The molecule has 5 rings (SSSR count). The molecule has 0 spiro atoms. The smallest absolute Gasteiger partial charge is 0.119 e. The first-order valence-corrected chi connectivity index (χ1v) is 13.0. The number of rotatable bonds is 6. The maximum absolute atomic E-state index is 6.30. The van der Waals surface area contributed by atoms with E-state index in [1.807, 2.05) is 12.5 Å². The summed E-state index contributed by atoms with van der Waals surface area (Å²) in [5.41, 5.74) is 1.49. The van der Waals surface area contributed by atoms with Crippen molar-refractivity contribution in [1.29, 1.82) is 0 Å². The summed E-state index contributed by atoms with van der Waals surface area (Å²) in [4.78, 5) is 6.75. The molecule has 3 fully saturated rings. The van der Waals surface area contributed by atoms with Crippen molar-refractivity contribution < 1.29 is 14.2 Å². The Morgan fingerprint density at radius 3 is 2.24 bits per heavy atom. The van der Waals surface area contributed by atoms with E-state index in [4.69, 9.17) is 14.2 Å². The maximum Gasteiger partial charge on any atom is 0.119 e. The fourth-order valence-corrected chi connectivity index (χ4v) is 5.14. The Labute approximate surface area is 204 Å². The summed E-state index contributed by atoms with van der Waals surface area (Å²) < 4.78 is 19.2. The number of nitrogens with one attached hydrogen (secondary N) is 1. The van der Waals surface area contributed by atoms with Crippen molar-refractivity contribution in [2.75, 3.05) is 52.6 Å². The molecule has 0 saturated carbocycles. The monoisotopic (exact) mass is 470 g/mol. The molecule has 3 aliphatic rings. The summed E-state index contributed by atoms with van der Waals surface area (Å²) in [5.74, 6) is 0.997. The quantitative estimate of drug-likeness (QED) is 0.698. The second kappa shape index (κ2) is 12.7. The van der Waals surface area contributed by atoms with Crippen LogP contribution in [0.2, 0.25) is 0 Å². The van der Waals surface area contributed by atoms with Gasteiger partial charge in [-0.15, -0.1) is 0 Å². The molecule has 3 saturated heterocycles. The van der Waals surface area contributed by atoms with Crippen molar-refractivity contribution in [3.63, 3.8) is 0 Å². The van der Waals surface area contributed by atoms with Gasteiger partial charge in [0.15, 0.2) is 0 Å². The molecular formula is C27H42N4O3. The molecule has 1 aromatic heterocycles. The van der Waals surface area contributed by atoms with Gasteiger partial charge in [0.25, 0.3) is 0 Å². The first kappa shape index (κ1) is 25.2. The van der Waals surface area contributed by atoms with E-state index in [0.29, 0.717) is 12.1 Å². The van der Waals surface area contributed by atoms with Crippen LogP contribution in [0.4, 0.5) is 0 Å². The molecule has 0 radical (unpaired) electrons. The van der Waals surface area contributed by atoms with Crippen molar-refractivity contribution in [3.05, 3.63) is 48.5 Å². The van der Waals surface area contributed by atoms with Crippen molar-refractivity contribution in [2.24, 2.45) is 0 Å². The van der Waals surface area contributed by atoms with Gasteiger partial charge in [-0.3, -0.25) is 0 Å². The summed E-state index contributed by atoms with van der Waals surface area (Å²) in [6, 6.07) is 9.48. The van der Waals surface area contributed by atoms with Crippen LogP contribution in [-0.2, 0) is 21.4 Å². The van der Waals surface area contributed by atoms with E-state index in [9.17, 15) is 0 Å². The number of ether oxygens (including phenoxy) is 3. The minimum absolute atomic E-state index is 0.111. The molecule has 7 heteroatoms. The molecule has 0 unspecified atom stereocenters. The van der Waals surface area contributed by atoms with Crippen LogP contribution in [-0.4, -0.2) is 79.2 Å². The molecule has 4 heterocycles. The van der Waals surface area contributed by atoms with Gasteiger partial charge in [-0.25, -0.2) is 4.98 Å². The van der Waals surface area contributed by atoms with Gasteiger partial charge in [0.1, 0.15) is 11.9 Å². The van der Waals surface area contributed by atoms with Gasteiger partial charge >= 0.3 is 0 Å². The van der Waals surface area contributed by atoms with E-state index in [1.54, 1.807) is 0 Å². The van der Waals surface area contributed by atoms with Gasteiger partial charge in [-0.1, -0.05) is 12.1 Å². The number of piperidine rings is 1. The van der Waals surface area contributed by atoms with Crippen LogP contribution in [0, 0.1) is 0 Å². The fraction of sp³-hybridized carbons (Fsp3) is 0.667. The molecular weight excluding hydrogens is 428 g/mol. The Morgan fingerprint density at radius 1 is 1.03 bits per heavy atom. The summed E-state index contributed by atoms with van der Waals surface area (Å²) >= 11 is 0. The highest BCUT2D eigenvalue weighted by Crippen LogP contribution is 2.37. The molecule has 0 amide bonds. The SMILES string of the molecule is C1COCCN1.CC(C)N1CCC(Oc2ccc(C3(Cn4ccnc4)CCOCC3)cc2)CC1. The van der Waals surface area contributed by atoms with Crippen LogP contribution in [0.5, 0.6) is 5.75 Å². The van der Waals surface area contributed by atoms with E-state index in [-0.39, 0.29) is 5.41 Å². The Balaban J connectivity index is 0.000000398. The topological polar surface area (TPSA) is 60.8 Å². The fourth-order valence-electron chi connectivity index (χ4n) is 5.14. The third kappa shape index (κ3) is 7.04. The zero-order chi connectivity index (χ0) is 23.6. The van der Waals surface area contributed by atoms with E-state index >= 15 is 0 Å². The van der Waals surface area contributed by atoms with Crippen molar-refractivity contribution in [3.8, 4) is 5.75 Å². The highest BCUT2D eigenvalue weighted by atomic mass is 16.5. The highest BCUT2D eigenvalue weighted by molar-refractivity contribution is 5.33. The van der Waals surface area contributed by atoms with E-state index in [1.165, 1.54) is 5.56 Å². The highest BCUT2D eigenvalue weighted by Gasteiger charge is 2.35. The van der Waals surface area contributed by atoms with Gasteiger partial charge in [0.2, 0.25) is 0 Å². The first-order chi connectivity index (χ1) is 16.6. The largest absolute Gasteiger partial charge is 0.490 e. The molecule has 34 heavy (non-hydrogen) atoms. The third-order valence-corrected chi connectivity index (χ3v) is 7.32. The Kier molecular flexibility index (Phi) is 9.39. The van der Waals surface area contributed by atoms with Crippen LogP contribution >= 0.6 is 0 Å². The van der Waals surface area contributed by atoms with E-state index in [0.717, 1.165) is 90.6 Å². The molecule has 0 bridgehead atoms. The molecule has 0 aliphatic carbocycles. The third-order valence-electron chi connectivity index (χ3n) is 7.32. The molecule has 1 N–H and O–H groups in total. The maximum atomic E-state index is 6.30. The zero-order valence-electron chi connectivity index (χ0n) is 21.0. The number of nitrogens with zero attached hydrogens (tertiary/aromatic N) is 3. The summed E-state index contributed by atoms with van der Waals surface area (Å²) in [6.45, 7) is 13.2.